The number of carbonyl (C=O) groups is 4. The van der Waals surface area contributed by atoms with Crippen LogP contribution in [-0.4, -0.2) is 54.7 Å². The Bertz CT molecular complexity index is 1010. The first kappa shape index (κ1) is 24.8. The molecule has 0 radical (unpaired) electrons. The van der Waals surface area contributed by atoms with Gasteiger partial charge in [0.15, 0.2) is 0 Å². The molecule has 3 rings (SSSR count). The van der Waals surface area contributed by atoms with Gasteiger partial charge in [-0.2, -0.15) is 0 Å². The van der Waals surface area contributed by atoms with Gasteiger partial charge in [0.25, 0.3) is 0 Å². The largest absolute Gasteiger partial charge is 0.480 e. The maximum atomic E-state index is 12.4. The highest BCUT2D eigenvalue weighted by atomic mass is 16.5. The zero-order valence-corrected chi connectivity index (χ0v) is 19.0. The summed E-state index contributed by atoms with van der Waals surface area (Å²) in [4.78, 5) is 46.3. The van der Waals surface area contributed by atoms with Gasteiger partial charge in [0.2, 0.25) is 11.8 Å². The molecule has 1 atom stereocenters. The summed E-state index contributed by atoms with van der Waals surface area (Å²) in [7, 11) is 0. The first-order chi connectivity index (χ1) is 16.4. The van der Waals surface area contributed by atoms with Crippen molar-refractivity contribution >= 4 is 23.9 Å². The van der Waals surface area contributed by atoms with Crippen molar-refractivity contribution in [2.45, 2.75) is 38.1 Å². The van der Waals surface area contributed by atoms with Gasteiger partial charge in [-0.1, -0.05) is 55.5 Å². The van der Waals surface area contributed by atoms with Crippen molar-refractivity contribution in [3.63, 3.8) is 0 Å². The first-order valence-corrected chi connectivity index (χ1v) is 11.3. The van der Waals surface area contributed by atoms with Gasteiger partial charge in [0.05, 0.1) is 6.54 Å². The molecule has 0 saturated heterocycles. The predicted octanol–water partition coefficient (Wildman–Crippen LogP) is 2.40. The molecule has 9 heteroatoms. The van der Waals surface area contributed by atoms with Crippen molar-refractivity contribution in [3.8, 4) is 11.1 Å². The molecule has 9 nitrogen and oxygen atoms in total. The number of hydrogen-bond acceptors (Lipinski definition) is 5. The smallest absolute Gasteiger partial charge is 0.407 e. The summed E-state index contributed by atoms with van der Waals surface area (Å²) in [6.45, 7) is 1.30. The Morgan fingerprint density at radius 2 is 1.50 bits per heavy atom. The van der Waals surface area contributed by atoms with E-state index >= 15 is 0 Å². The van der Waals surface area contributed by atoms with Crippen LogP contribution in [0.25, 0.3) is 11.1 Å². The van der Waals surface area contributed by atoms with Crippen LogP contribution in [0.15, 0.2) is 48.5 Å². The SMILES string of the molecule is CCC(CCC(=O)NCC(=O)NCC(=O)O)NC(=O)OCC1c2ccccc2-c2ccccc21. The fourth-order valence-electron chi connectivity index (χ4n) is 3.99. The van der Waals surface area contributed by atoms with Crippen LogP contribution >= 0.6 is 0 Å². The topological polar surface area (TPSA) is 134 Å². The number of amides is 3. The van der Waals surface area contributed by atoms with Gasteiger partial charge in [0, 0.05) is 18.4 Å². The minimum Gasteiger partial charge on any atom is -0.480 e. The summed E-state index contributed by atoms with van der Waals surface area (Å²) in [5.74, 6) is -2.14. The number of fused-ring (bicyclic) bond motifs is 3. The van der Waals surface area contributed by atoms with Crippen LogP contribution in [0.4, 0.5) is 4.79 Å². The highest BCUT2D eigenvalue weighted by Crippen LogP contribution is 2.44. The third-order valence-corrected chi connectivity index (χ3v) is 5.76. The Kier molecular flexibility index (Phi) is 8.61. The number of hydrogen-bond donors (Lipinski definition) is 4. The van der Waals surface area contributed by atoms with Crippen LogP contribution < -0.4 is 16.0 Å². The number of rotatable bonds is 11. The summed E-state index contributed by atoms with van der Waals surface area (Å²) in [6.07, 6.45) is 0.552. The standard InChI is InChI=1S/C25H29N3O6/c1-2-16(11-12-22(29)26-13-23(30)27-14-24(31)32)28-25(33)34-15-21-19-9-5-3-7-17(19)18-8-4-6-10-20(18)21/h3-10,16,21H,2,11-15H2,1H3,(H,26,29)(H,27,30)(H,28,33)(H,31,32). The molecule has 1 aliphatic carbocycles. The van der Waals surface area contributed by atoms with E-state index in [0.29, 0.717) is 12.8 Å². The molecule has 0 aromatic heterocycles. The number of aliphatic carboxylic acids is 1. The molecule has 0 aliphatic heterocycles. The lowest BCUT2D eigenvalue weighted by atomic mass is 9.98. The molecular formula is C25H29N3O6. The molecule has 4 N–H and O–H groups in total. The normalized spacial score (nSPS) is 12.7. The molecule has 34 heavy (non-hydrogen) atoms. The van der Waals surface area contributed by atoms with E-state index in [1.54, 1.807) is 0 Å². The Morgan fingerprint density at radius 3 is 2.09 bits per heavy atom. The number of carboxylic acid groups (broad SMARTS) is 1. The number of nitrogens with one attached hydrogen (secondary N) is 3. The quantitative estimate of drug-likeness (QED) is 0.401. The first-order valence-electron chi connectivity index (χ1n) is 11.3. The van der Waals surface area contributed by atoms with Crippen molar-refractivity contribution in [1.82, 2.24) is 16.0 Å². The molecule has 2 aromatic carbocycles. The van der Waals surface area contributed by atoms with Crippen LogP contribution in [0.1, 0.15) is 43.2 Å². The van der Waals surface area contributed by atoms with Gasteiger partial charge >= 0.3 is 12.1 Å². The van der Waals surface area contributed by atoms with Crippen molar-refractivity contribution in [2.75, 3.05) is 19.7 Å². The fraction of sp³-hybridized carbons (Fsp3) is 0.360. The van der Waals surface area contributed by atoms with Crippen molar-refractivity contribution in [2.24, 2.45) is 0 Å². The van der Waals surface area contributed by atoms with E-state index < -0.39 is 24.5 Å². The molecule has 0 heterocycles. The number of alkyl carbamates (subject to hydrolysis) is 1. The molecule has 0 fully saturated rings. The zero-order valence-electron chi connectivity index (χ0n) is 19.0. The van der Waals surface area contributed by atoms with E-state index in [1.165, 1.54) is 0 Å². The summed E-state index contributed by atoms with van der Waals surface area (Å²) in [6, 6.07) is 15.9. The van der Waals surface area contributed by atoms with E-state index in [0.717, 1.165) is 22.3 Å². The molecule has 0 bridgehead atoms. The molecule has 2 aromatic rings. The Morgan fingerprint density at radius 1 is 0.912 bits per heavy atom. The van der Waals surface area contributed by atoms with E-state index in [4.69, 9.17) is 9.84 Å². The number of carbonyl (C=O) groups excluding carboxylic acids is 3. The van der Waals surface area contributed by atoms with Crippen molar-refractivity contribution < 1.29 is 29.0 Å². The fourth-order valence-corrected chi connectivity index (χ4v) is 3.99. The number of carboxylic acids is 1. The minimum atomic E-state index is -1.16. The molecule has 0 saturated carbocycles. The second-order valence-electron chi connectivity index (χ2n) is 8.06. The predicted molar refractivity (Wildman–Crippen MR) is 125 cm³/mol. The molecule has 1 unspecified atom stereocenters. The zero-order chi connectivity index (χ0) is 24.5. The van der Waals surface area contributed by atoms with Crippen LogP contribution in [0, 0.1) is 0 Å². The lowest BCUT2D eigenvalue weighted by Crippen LogP contribution is -2.40. The molecular weight excluding hydrogens is 438 g/mol. The summed E-state index contributed by atoms with van der Waals surface area (Å²) in [5.41, 5.74) is 4.57. The molecule has 1 aliphatic rings. The summed E-state index contributed by atoms with van der Waals surface area (Å²) < 4.78 is 5.55. The monoisotopic (exact) mass is 467 g/mol. The lowest BCUT2D eigenvalue weighted by molar-refractivity contribution is -0.137. The van der Waals surface area contributed by atoms with Crippen molar-refractivity contribution in [3.05, 3.63) is 59.7 Å². The van der Waals surface area contributed by atoms with Crippen molar-refractivity contribution in [1.29, 1.82) is 0 Å². The van der Waals surface area contributed by atoms with Gasteiger partial charge in [-0.3, -0.25) is 14.4 Å². The van der Waals surface area contributed by atoms with Gasteiger partial charge in [-0.05, 0) is 35.1 Å². The van der Waals surface area contributed by atoms with Crippen LogP contribution in [0.5, 0.6) is 0 Å². The average Bonchev–Trinajstić information content (AvgIpc) is 3.16. The highest BCUT2D eigenvalue weighted by molar-refractivity contribution is 5.86. The molecule has 3 amide bonds. The minimum absolute atomic E-state index is 0.0312. The van der Waals surface area contributed by atoms with E-state index in [2.05, 4.69) is 40.2 Å². The number of benzene rings is 2. The van der Waals surface area contributed by atoms with Gasteiger partial charge in [0.1, 0.15) is 13.2 Å². The van der Waals surface area contributed by atoms with Crippen LogP contribution in [0.2, 0.25) is 0 Å². The second-order valence-corrected chi connectivity index (χ2v) is 8.06. The third kappa shape index (κ3) is 6.57. The average molecular weight is 468 g/mol. The lowest BCUT2D eigenvalue weighted by Gasteiger charge is -2.19. The Hall–Kier alpha value is -3.88. The summed E-state index contributed by atoms with van der Waals surface area (Å²) >= 11 is 0. The van der Waals surface area contributed by atoms with Gasteiger partial charge in [-0.25, -0.2) is 4.79 Å². The maximum Gasteiger partial charge on any atom is 0.407 e. The van der Waals surface area contributed by atoms with Crippen LogP contribution in [-0.2, 0) is 19.1 Å². The van der Waals surface area contributed by atoms with E-state index in [1.807, 2.05) is 31.2 Å². The molecule has 180 valence electrons. The van der Waals surface area contributed by atoms with Gasteiger partial charge in [-0.15, -0.1) is 0 Å². The van der Waals surface area contributed by atoms with E-state index in [-0.39, 0.29) is 37.4 Å². The Labute approximate surface area is 197 Å². The second kappa shape index (κ2) is 11.8. The Balaban J connectivity index is 1.44. The highest BCUT2D eigenvalue weighted by Gasteiger charge is 2.29. The van der Waals surface area contributed by atoms with Gasteiger partial charge < -0.3 is 25.8 Å². The number of ether oxygens (including phenoxy) is 1. The molecule has 0 spiro atoms. The summed E-state index contributed by atoms with van der Waals surface area (Å²) in [5, 5.41) is 15.9. The van der Waals surface area contributed by atoms with E-state index in [9.17, 15) is 19.2 Å². The third-order valence-electron chi connectivity index (χ3n) is 5.76. The maximum absolute atomic E-state index is 12.4. The van der Waals surface area contributed by atoms with Crippen LogP contribution in [0.3, 0.4) is 0 Å².